The molecule has 3 amide bonds. The van der Waals surface area contributed by atoms with Crippen molar-refractivity contribution in [2.24, 2.45) is 5.73 Å². The second-order valence-electron chi connectivity index (χ2n) is 6.34. The molecule has 0 unspecified atom stereocenters. The van der Waals surface area contributed by atoms with Crippen molar-refractivity contribution in [3.8, 4) is 5.75 Å². The number of halogens is 4. The van der Waals surface area contributed by atoms with Gasteiger partial charge in [0.1, 0.15) is 24.4 Å². The van der Waals surface area contributed by atoms with E-state index in [2.05, 4.69) is 20.6 Å². The third kappa shape index (κ3) is 6.08. The summed E-state index contributed by atoms with van der Waals surface area (Å²) in [4.78, 5) is 30.9. The lowest BCUT2D eigenvalue weighted by atomic mass is 10.2. The summed E-state index contributed by atoms with van der Waals surface area (Å²) in [7, 11) is 0. The Bertz CT molecular complexity index is 1140. The van der Waals surface area contributed by atoms with Crippen molar-refractivity contribution in [2.45, 2.75) is 12.8 Å². The van der Waals surface area contributed by atoms with E-state index in [1.165, 1.54) is 30.6 Å². The van der Waals surface area contributed by atoms with Crippen LogP contribution in [0.4, 0.5) is 29.3 Å². The van der Waals surface area contributed by atoms with Gasteiger partial charge >= 0.3 is 12.2 Å². The quantitative estimate of drug-likeness (QED) is 0.496. The highest BCUT2D eigenvalue weighted by molar-refractivity contribution is 6.31. The Morgan fingerprint density at radius 3 is 2.31 bits per heavy atom. The molecule has 1 aromatic heterocycles. The number of alkyl halides is 3. The van der Waals surface area contributed by atoms with Gasteiger partial charge in [0.15, 0.2) is 0 Å². The standard InChI is InChI=1S/C20H15ClF3N5O3/c21-16-6-3-12(7-15(16)20(22,23)24)29-19(31)28-11-1-4-14(5-2-11)32-9-13-8-17(18(25)30)27-10-26-13/h1-8,10H,9H2,(H2,25,30)(H2,28,29,31). The third-order valence-electron chi connectivity index (χ3n) is 4.00. The monoisotopic (exact) mass is 465 g/mol. The number of carbonyl (C=O) groups is 2. The van der Waals surface area contributed by atoms with Crippen molar-refractivity contribution in [1.29, 1.82) is 0 Å². The van der Waals surface area contributed by atoms with Crippen molar-refractivity contribution in [2.75, 3.05) is 10.6 Å². The Labute approximate surface area is 184 Å². The number of anilines is 2. The molecule has 4 N–H and O–H groups in total. The molecule has 3 rings (SSSR count). The minimum Gasteiger partial charge on any atom is -0.487 e. The van der Waals surface area contributed by atoms with Gasteiger partial charge in [-0.05, 0) is 48.5 Å². The van der Waals surface area contributed by atoms with Crippen molar-refractivity contribution in [3.63, 3.8) is 0 Å². The maximum Gasteiger partial charge on any atom is 0.417 e. The largest absolute Gasteiger partial charge is 0.487 e. The Hall–Kier alpha value is -3.86. The summed E-state index contributed by atoms with van der Waals surface area (Å²) in [6.45, 7) is 0.0498. The van der Waals surface area contributed by atoms with Crippen LogP contribution < -0.4 is 21.1 Å². The van der Waals surface area contributed by atoms with E-state index >= 15 is 0 Å². The van der Waals surface area contributed by atoms with Crippen LogP contribution in [-0.2, 0) is 12.8 Å². The molecule has 0 fully saturated rings. The van der Waals surface area contributed by atoms with Gasteiger partial charge in [0.25, 0.3) is 5.91 Å². The lowest BCUT2D eigenvalue weighted by molar-refractivity contribution is -0.137. The molecule has 0 aliphatic carbocycles. The first-order valence-corrected chi connectivity index (χ1v) is 9.28. The first kappa shape index (κ1) is 22.8. The lowest BCUT2D eigenvalue weighted by Crippen LogP contribution is -2.19. The van der Waals surface area contributed by atoms with E-state index in [1.807, 2.05) is 0 Å². The summed E-state index contributed by atoms with van der Waals surface area (Å²) in [5.74, 6) is -0.238. The number of hydrogen-bond acceptors (Lipinski definition) is 5. The van der Waals surface area contributed by atoms with E-state index in [1.54, 1.807) is 12.1 Å². The van der Waals surface area contributed by atoms with E-state index < -0.39 is 28.7 Å². The maximum atomic E-state index is 12.9. The van der Waals surface area contributed by atoms with Crippen LogP contribution in [0.1, 0.15) is 21.7 Å². The Morgan fingerprint density at radius 1 is 1.00 bits per heavy atom. The van der Waals surface area contributed by atoms with E-state index in [9.17, 15) is 22.8 Å². The molecule has 32 heavy (non-hydrogen) atoms. The van der Waals surface area contributed by atoms with Gasteiger partial charge < -0.3 is 21.1 Å². The Kier molecular flexibility index (Phi) is 6.79. The van der Waals surface area contributed by atoms with Crippen molar-refractivity contribution < 1.29 is 27.5 Å². The summed E-state index contributed by atoms with van der Waals surface area (Å²) in [5.41, 5.74) is 4.92. The number of rotatable bonds is 6. The number of urea groups is 1. The van der Waals surface area contributed by atoms with Crippen LogP contribution in [-0.4, -0.2) is 21.9 Å². The molecule has 0 atom stereocenters. The summed E-state index contributed by atoms with van der Waals surface area (Å²) < 4.78 is 44.3. The fraction of sp³-hybridized carbons (Fsp3) is 0.100. The highest BCUT2D eigenvalue weighted by Gasteiger charge is 2.33. The Morgan fingerprint density at radius 2 is 1.66 bits per heavy atom. The summed E-state index contributed by atoms with van der Waals surface area (Å²) in [6, 6.07) is 9.92. The molecule has 2 aromatic carbocycles. The summed E-state index contributed by atoms with van der Waals surface area (Å²) >= 11 is 5.56. The van der Waals surface area contributed by atoms with Crippen LogP contribution in [0, 0.1) is 0 Å². The van der Waals surface area contributed by atoms with Gasteiger partial charge in [-0.3, -0.25) is 4.79 Å². The molecule has 0 aliphatic rings. The van der Waals surface area contributed by atoms with Gasteiger partial charge in [0.05, 0.1) is 16.3 Å². The molecular weight excluding hydrogens is 451 g/mol. The van der Waals surface area contributed by atoms with E-state index in [0.29, 0.717) is 17.1 Å². The molecule has 3 aromatic rings. The van der Waals surface area contributed by atoms with E-state index in [-0.39, 0.29) is 18.0 Å². The lowest BCUT2D eigenvalue weighted by Gasteiger charge is -2.12. The fourth-order valence-electron chi connectivity index (χ4n) is 2.52. The van der Waals surface area contributed by atoms with Crippen molar-refractivity contribution >= 4 is 34.9 Å². The Balaban J connectivity index is 1.57. The molecule has 1 heterocycles. The number of nitrogens with zero attached hydrogens (tertiary/aromatic N) is 2. The van der Waals surface area contributed by atoms with Crippen LogP contribution in [0.2, 0.25) is 5.02 Å². The molecule has 0 bridgehead atoms. The molecule has 12 heteroatoms. The summed E-state index contributed by atoms with van der Waals surface area (Å²) in [5, 5.41) is 4.34. The number of nitrogens with one attached hydrogen (secondary N) is 2. The number of nitrogens with two attached hydrogens (primary N) is 1. The number of ether oxygens (including phenoxy) is 1. The van der Waals surface area contributed by atoms with Gasteiger partial charge in [-0.15, -0.1) is 0 Å². The third-order valence-corrected chi connectivity index (χ3v) is 4.33. The van der Waals surface area contributed by atoms with Crippen LogP contribution in [0.15, 0.2) is 54.9 Å². The van der Waals surface area contributed by atoms with E-state index in [0.717, 1.165) is 12.1 Å². The van der Waals surface area contributed by atoms with Crippen molar-refractivity contribution in [1.82, 2.24) is 9.97 Å². The minimum absolute atomic E-state index is 0.0498. The molecule has 0 saturated carbocycles. The van der Waals surface area contributed by atoms with Crippen LogP contribution >= 0.6 is 11.6 Å². The SMILES string of the molecule is NC(=O)c1cc(COc2ccc(NC(=O)Nc3ccc(Cl)c(C(F)(F)F)c3)cc2)ncn1. The molecule has 0 spiro atoms. The zero-order chi connectivity index (χ0) is 23.3. The molecule has 166 valence electrons. The highest BCUT2D eigenvalue weighted by atomic mass is 35.5. The number of benzene rings is 2. The number of aromatic nitrogens is 2. The van der Waals surface area contributed by atoms with Gasteiger partial charge in [-0.2, -0.15) is 13.2 Å². The predicted molar refractivity (Wildman–Crippen MR) is 110 cm³/mol. The smallest absolute Gasteiger partial charge is 0.417 e. The molecule has 8 nitrogen and oxygen atoms in total. The molecule has 0 radical (unpaired) electrons. The molecule has 0 saturated heterocycles. The van der Waals surface area contributed by atoms with Crippen LogP contribution in [0.5, 0.6) is 5.75 Å². The van der Waals surface area contributed by atoms with Gasteiger partial charge in [-0.1, -0.05) is 11.6 Å². The molecular formula is C20H15ClF3N5O3. The second kappa shape index (κ2) is 9.52. The van der Waals surface area contributed by atoms with Crippen LogP contribution in [0.3, 0.4) is 0 Å². The average Bonchev–Trinajstić information content (AvgIpc) is 2.74. The first-order chi connectivity index (χ1) is 15.1. The number of amides is 3. The zero-order valence-electron chi connectivity index (χ0n) is 16.1. The second-order valence-corrected chi connectivity index (χ2v) is 6.75. The minimum atomic E-state index is -4.64. The van der Waals surface area contributed by atoms with Crippen molar-refractivity contribution in [3.05, 3.63) is 76.8 Å². The number of primary amides is 1. The van der Waals surface area contributed by atoms with Gasteiger partial charge in [0.2, 0.25) is 0 Å². The fourth-order valence-corrected chi connectivity index (χ4v) is 2.74. The first-order valence-electron chi connectivity index (χ1n) is 8.90. The topological polar surface area (TPSA) is 119 Å². The highest BCUT2D eigenvalue weighted by Crippen LogP contribution is 2.36. The maximum absolute atomic E-state index is 12.9. The normalized spacial score (nSPS) is 11.0. The molecule has 0 aliphatic heterocycles. The number of hydrogen-bond donors (Lipinski definition) is 3. The predicted octanol–water partition coefficient (Wildman–Crippen LogP) is 4.47. The zero-order valence-corrected chi connectivity index (χ0v) is 16.9. The number of carbonyl (C=O) groups excluding carboxylic acids is 2. The summed E-state index contributed by atoms with van der Waals surface area (Å²) in [6.07, 6.45) is -3.45. The van der Waals surface area contributed by atoms with Gasteiger partial charge in [-0.25, -0.2) is 14.8 Å². The van der Waals surface area contributed by atoms with Crippen LogP contribution in [0.25, 0.3) is 0 Å². The van der Waals surface area contributed by atoms with E-state index in [4.69, 9.17) is 22.1 Å². The van der Waals surface area contributed by atoms with Gasteiger partial charge in [0, 0.05) is 11.4 Å². The average molecular weight is 466 g/mol.